The number of benzene rings is 3. The molecule has 5 rings (SSSR count). The zero-order valence-corrected chi connectivity index (χ0v) is 26.7. The number of ether oxygens (including phenoxy) is 3. The molecule has 0 radical (unpaired) electrons. The van der Waals surface area contributed by atoms with Crippen LogP contribution in [0.2, 0.25) is 0 Å². The molecule has 3 aromatic carbocycles. The predicted octanol–water partition coefficient (Wildman–Crippen LogP) is 5.21. The molecule has 10 heteroatoms. The number of amides is 1. The van der Waals surface area contributed by atoms with E-state index in [1.165, 1.54) is 12.1 Å². The second-order valence-electron chi connectivity index (χ2n) is 12.0. The van der Waals surface area contributed by atoms with Crippen LogP contribution in [0.25, 0.3) is 11.1 Å². The monoisotopic (exact) mass is 631 g/mol. The van der Waals surface area contributed by atoms with E-state index in [1.807, 2.05) is 45.2 Å². The fraction of sp³-hybridized carbons (Fsp3) is 0.417. The van der Waals surface area contributed by atoms with E-state index < -0.39 is 5.60 Å². The summed E-state index contributed by atoms with van der Waals surface area (Å²) in [5, 5.41) is 0. The van der Waals surface area contributed by atoms with Crippen LogP contribution < -0.4 is 14.4 Å². The number of halogens is 1. The number of piperidine rings is 1. The lowest BCUT2D eigenvalue weighted by Crippen LogP contribution is -2.51. The zero-order chi connectivity index (χ0) is 32.7. The first kappa shape index (κ1) is 32.9. The van der Waals surface area contributed by atoms with Crippen molar-refractivity contribution < 1.29 is 33.0 Å². The summed E-state index contributed by atoms with van der Waals surface area (Å²) in [5.74, 6) is 0.936. The number of likely N-dealkylation sites (tertiary alicyclic amines) is 2. The van der Waals surface area contributed by atoms with Crippen LogP contribution in [0.15, 0.2) is 60.7 Å². The summed E-state index contributed by atoms with van der Waals surface area (Å²) in [6, 6.07) is 17.8. The number of rotatable bonds is 14. The molecule has 46 heavy (non-hydrogen) atoms. The molecule has 2 saturated heterocycles. The van der Waals surface area contributed by atoms with Gasteiger partial charge in [-0.3, -0.25) is 14.5 Å². The first-order chi connectivity index (χ1) is 22.3. The van der Waals surface area contributed by atoms with Crippen molar-refractivity contribution >= 4 is 24.4 Å². The van der Waals surface area contributed by atoms with Gasteiger partial charge in [-0.1, -0.05) is 12.1 Å². The number of hydrogen-bond acceptors (Lipinski definition) is 8. The zero-order valence-electron chi connectivity index (χ0n) is 26.7. The van der Waals surface area contributed by atoms with Gasteiger partial charge in [0.15, 0.2) is 0 Å². The third-order valence-corrected chi connectivity index (χ3v) is 8.80. The molecular weight excluding hydrogens is 589 g/mol. The summed E-state index contributed by atoms with van der Waals surface area (Å²) < 4.78 is 31.5. The van der Waals surface area contributed by atoms with Crippen LogP contribution >= 0.6 is 0 Å². The number of aldehydes is 1. The van der Waals surface area contributed by atoms with Gasteiger partial charge in [-0.2, -0.15) is 0 Å². The molecule has 3 aromatic rings. The van der Waals surface area contributed by atoms with Crippen LogP contribution in [-0.2, 0) is 20.9 Å². The first-order valence-electron chi connectivity index (χ1n) is 15.9. The van der Waals surface area contributed by atoms with Crippen molar-refractivity contribution in [1.82, 2.24) is 9.80 Å². The van der Waals surface area contributed by atoms with E-state index in [4.69, 9.17) is 14.2 Å². The van der Waals surface area contributed by atoms with E-state index >= 15 is 0 Å². The van der Waals surface area contributed by atoms with Crippen LogP contribution in [0.4, 0.5) is 10.1 Å². The average molecular weight is 632 g/mol. The highest BCUT2D eigenvalue weighted by atomic mass is 19.1. The molecule has 0 aliphatic carbocycles. The maximum Gasteiger partial charge on any atom is 0.293 e. The Bertz CT molecular complexity index is 1470. The molecule has 1 amide bonds. The summed E-state index contributed by atoms with van der Waals surface area (Å²) >= 11 is 0. The number of likely N-dealkylation sites (N-methyl/N-ethyl adjacent to an activating group) is 1. The Morgan fingerprint density at radius 3 is 2.11 bits per heavy atom. The molecule has 9 nitrogen and oxygen atoms in total. The van der Waals surface area contributed by atoms with E-state index in [0.717, 1.165) is 41.8 Å². The molecule has 0 atom stereocenters. The van der Waals surface area contributed by atoms with Crippen molar-refractivity contribution in [2.75, 3.05) is 57.9 Å². The fourth-order valence-electron chi connectivity index (χ4n) is 6.30. The topological polar surface area (TPSA) is 88.6 Å². The Morgan fingerprint density at radius 2 is 1.57 bits per heavy atom. The fourth-order valence-corrected chi connectivity index (χ4v) is 6.30. The number of carbonyl (C=O) groups excluding carboxylic acids is 3. The van der Waals surface area contributed by atoms with Gasteiger partial charge in [0.05, 0.1) is 25.3 Å². The molecule has 0 bridgehead atoms. The SMILES string of the molecule is CCOc1cc(CN2CCC(CN(C)c3ccc(C(=O)N4CC(C=O)C4)cc3)(OC=O)CC2)cc(OCC)c1-c1ccc(F)cc1. The van der Waals surface area contributed by atoms with Crippen molar-refractivity contribution in [1.29, 1.82) is 0 Å². The van der Waals surface area contributed by atoms with Crippen molar-refractivity contribution in [3.05, 3.63) is 77.6 Å². The van der Waals surface area contributed by atoms with E-state index in [1.54, 1.807) is 29.2 Å². The quantitative estimate of drug-likeness (QED) is 0.224. The van der Waals surface area contributed by atoms with E-state index in [-0.39, 0.29) is 17.6 Å². The molecule has 2 aliphatic heterocycles. The van der Waals surface area contributed by atoms with Crippen molar-refractivity contribution in [2.24, 2.45) is 5.92 Å². The van der Waals surface area contributed by atoms with E-state index in [0.29, 0.717) is 75.8 Å². The van der Waals surface area contributed by atoms with Crippen LogP contribution in [0.1, 0.15) is 42.6 Å². The van der Waals surface area contributed by atoms with Gasteiger partial charge in [0.25, 0.3) is 12.4 Å². The smallest absolute Gasteiger partial charge is 0.293 e. The van der Waals surface area contributed by atoms with Gasteiger partial charge in [0, 0.05) is 69.8 Å². The summed E-state index contributed by atoms with van der Waals surface area (Å²) in [4.78, 5) is 41.3. The summed E-state index contributed by atoms with van der Waals surface area (Å²) in [6.07, 6.45) is 2.21. The molecule has 0 aromatic heterocycles. The summed E-state index contributed by atoms with van der Waals surface area (Å²) in [7, 11) is 1.95. The lowest BCUT2D eigenvalue weighted by Gasteiger charge is -2.42. The number of carbonyl (C=O) groups is 3. The summed E-state index contributed by atoms with van der Waals surface area (Å²) in [5.41, 5.74) is 3.50. The standard InChI is InChI=1S/C36H42FN3O6/c1-4-44-32-18-26(19-33(45-5-2)34(32)28-6-10-30(37)11-7-28)20-39-16-14-36(15-17-39,46-25-42)24-38(3)31-12-8-29(9-13-31)35(43)40-21-27(22-40)23-41/h6-13,18-19,23,25,27H,4-5,14-17,20-22,24H2,1-3H3. The minimum Gasteiger partial charge on any atom is -0.493 e. The average Bonchev–Trinajstić information content (AvgIpc) is 3.03. The highest BCUT2D eigenvalue weighted by molar-refractivity contribution is 5.95. The maximum atomic E-state index is 13.7. The van der Waals surface area contributed by atoms with Gasteiger partial charge in [-0.15, -0.1) is 0 Å². The molecule has 2 heterocycles. The minimum absolute atomic E-state index is 0.0664. The lowest BCUT2D eigenvalue weighted by atomic mass is 9.90. The largest absolute Gasteiger partial charge is 0.493 e. The molecule has 0 N–H and O–H groups in total. The summed E-state index contributed by atoms with van der Waals surface area (Å²) in [6.45, 7) is 8.92. The Balaban J connectivity index is 1.25. The Labute approximate surface area is 269 Å². The second kappa shape index (κ2) is 14.8. The van der Waals surface area contributed by atoms with Gasteiger partial charge in [-0.05, 0) is 73.5 Å². The van der Waals surface area contributed by atoms with Crippen molar-refractivity contribution in [2.45, 2.75) is 38.8 Å². The van der Waals surface area contributed by atoms with Crippen LogP contribution in [0.3, 0.4) is 0 Å². The number of anilines is 1. The van der Waals surface area contributed by atoms with Crippen LogP contribution in [0.5, 0.6) is 11.5 Å². The van der Waals surface area contributed by atoms with E-state index in [2.05, 4.69) is 9.80 Å². The molecule has 0 saturated carbocycles. The Hall–Kier alpha value is -4.44. The maximum absolute atomic E-state index is 13.7. The Kier molecular flexibility index (Phi) is 10.6. The first-order valence-corrected chi connectivity index (χ1v) is 15.9. The third kappa shape index (κ3) is 7.50. The normalized spacial score (nSPS) is 16.3. The molecule has 2 aliphatic rings. The van der Waals surface area contributed by atoms with Crippen LogP contribution in [0, 0.1) is 11.7 Å². The lowest BCUT2D eigenvalue weighted by molar-refractivity contribution is -0.147. The molecular formula is C36H42FN3O6. The van der Waals surface area contributed by atoms with Gasteiger partial charge in [0.2, 0.25) is 0 Å². The highest BCUT2D eigenvalue weighted by Crippen LogP contribution is 2.41. The van der Waals surface area contributed by atoms with Gasteiger partial charge < -0.3 is 28.8 Å². The molecule has 244 valence electrons. The molecule has 0 spiro atoms. The van der Waals surface area contributed by atoms with Crippen molar-refractivity contribution in [3.8, 4) is 22.6 Å². The second-order valence-corrected chi connectivity index (χ2v) is 12.0. The van der Waals surface area contributed by atoms with Gasteiger partial charge >= 0.3 is 0 Å². The predicted molar refractivity (Wildman–Crippen MR) is 174 cm³/mol. The Morgan fingerprint density at radius 1 is 0.957 bits per heavy atom. The van der Waals surface area contributed by atoms with Crippen molar-refractivity contribution in [3.63, 3.8) is 0 Å². The third-order valence-electron chi connectivity index (χ3n) is 8.80. The molecule has 2 fully saturated rings. The minimum atomic E-state index is -0.650. The van der Waals surface area contributed by atoms with E-state index in [9.17, 15) is 18.8 Å². The molecule has 0 unspecified atom stereocenters. The number of nitrogens with zero attached hydrogens (tertiary/aromatic N) is 3. The van der Waals surface area contributed by atoms with Gasteiger partial charge in [0.1, 0.15) is 29.2 Å². The van der Waals surface area contributed by atoms with Crippen LogP contribution in [-0.4, -0.2) is 87.1 Å². The number of hydrogen-bond donors (Lipinski definition) is 0. The van der Waals surface area contributed by atoms with Gasteiger partial charge in [-0.25, -0.2) is 4.39 Å². The highest BCUT2D eigenvalue weighted by Gasteiger charge is 2.38.